The summed E-state index contributed by atoms with van der Waals surface area (Å²) in [7, 11) is 2.96. The Morgan fingerprint density at radius 1 is 1.08 bits per heavy atom. The molecule has 7 heteroatoms. The summed E-state index contributed by atoms with van der Waals surface area (Å²) in [5.41, 5.74) is 2.34. The van der Waals surface area contributed by atoms with Gasteiger partial charge in [-0.25, -0.2) is 0 Å². The summed E-state index contributed by atoms with van der Waals surface area (Å²) in [6.07, 6.45) is 7.86. The van der Waals surface area contributed by atoms with E-state index in [9.17, 15) is 9.00 Å². The van der Waals surface area contributed by atoms with E-state index in [0.29, 0.717) is 30.5 Å². The molecule has 1 aromatic carbocycles. The van der Waals surface area contributed by atoms with Crippen LogP contribution in [-0.4, -0.2) is 79.4 Å². The summed E-state index contributed by atoms with van der Waals surface area (Å²) < 4.78 is 12.7. The lowest BCUT2D eigenvalue weighted by molar-refractivity contribution is -0.124. The summed E-state index contributed by atoms with van der Waals surface area (Å²) in [5.74, 6) is 2.29. The molecule has 212 valence electrons. The fourth-order valence-electron chi connectivity index (χ4n) is 5.06. The lowest BCUT2D eigenvalue weighted by atomic mass is 9.86. The van der Waals surface area contributed by atoms with Gasteiger partial charge in [0.05, 0.1) is 5.92 Å². The zero-order chi connectivity index (χ0) is 27.0. The van der Waals surface area contributed by atoms with Gasteiger partial charge in [0.1, 0.15) is 0 Å². The highest BCUT2D eigenvalue weighted by molar-refractivity contribution is 7.85. The maximum atomic E-state index is 13.2. The maximum absolute atomic E-state index is 13.2. The summed E-state index contributed by atoms with van der Waals surface area (Å²) in [5, 5.41) is 10.5. The number of carbonyl (C=O) groups excluding carboxylic acids is 1. The second kappa shape index (κ2) is 18.1. The molecule has 6 nitrogen and oxygen atoms in total. The van der Waals surface area contributed by atoms with Crippen LogP contribution in [0.4, 0.5) is 0 Å². The number of aryl methyl sites for hydroxylation is 1. The van der Waals surface area contributed by atoms with Crippen LogP contribution in [0.5, 0.6) is 0 Å². The van der Waals surface area contributed by atoms with Gasteiger partial charge < -0.3 is 20.9 Å². The topological polar surface area (TPSA) is 73.5 Å². The molecule has 2 rings (SSSR count). The predicted molar refractivity (Wildman–Crippen MR) is 159 cm³/mol. The van der Waals surface area contributed by atoms with E-state index in [-0.39, 0.29) is 11.8 Å². The standard InChI is InChI=1S/C30H54N4O2S/c1-24(2)8-6-9-29(27-14-18-31-19-15-27)32-16-7-17-33-30(35)28(23-37(36)21-20-34(4)5)22-26-12-10-25(3)11-13-26/h10-13,24,27-29,31-32H,6-9,14-23H2,1-5H3,(H,33,35). The van der Waals surface area contributed by atoms with Gasteiger partial charge in [-0.05, 0) is 90.2 Å². The molecule has 0 aliphatic carbocycles. The number of benzene rings is 1. The summed E-state index contributed by atoms with van der Waals surface area (Å²) >= 11 is 0. The highest BCUT2D eigenvalue weighted by atomic mass is 32.2. The zero-order valence-electron chi connectivity index (χ0n) is 24.2. The predicted octanol–water partition coefficient (Wildman–Crippen LogP) is 3.75. The first-order valence-corrected chi connectivity index (χ1v) is 16.0. The van der Waals surface area contributed by atoms with E-state index < -0.39 is 10.8 Å². The molecule has 1 aromatic rings. The van der Waals surface area contributed by atoms with E-state index in [1.807, 2.05) is 19.0 Å². The highest BCUT2D eigenvalue weighted by Gasteiger charge is 2.24. The minimum Gasteiger partial charge on any atom is -0.356 e. The van der Waals surface area contributed by atoms with Crippen molar-refractivity contribution in [3.05, 3.63) is 35.4 Å². The lowest BCUT2D eigenvalue weighted by Crippen LogP contribution is -2.43. The Labute approximate surface area is 229 Å². The van der Waals surface area contributed by atoms with Gasteiger partial charge in [0.25, 0.3) is 0 Å². The van der Waals surface area contributed by atoms with Crippen molar-refractivity contribution in [2.45, 2.75) is 71.8 Å². The minimum absolute atomic E-state index is 0.0330. The van der Waals surface area contributed by atoms with Crippen molar-refractivity contribution in [2.75, 3.05) is 58.3 Å². The van der Waals surface area contributed by atoms with E-state index >= 15 is 0 Å². The number of piperidine rings is 1. The number of carbonyl (C=O) groups is 1. The van der Waals surface area contributed by atoms with Gasteiger partial charge in [0.2, 0.25) is 5.91 Å². The molecule has 0 aromatic heterocycles. The van der Waals surface area contributed by atoms with Crippen molar-refractivity contribution in [1.82, 2.24) is 20.9 Å². The fourth-order valence-corrected chi connectivity index (χ4v) is 6.51. The van der Waals surface area contributed by atoms with Gasteiger partial charge in [-0.15, -0.1) is 0 Å². The van der Waals surface area contributed by atoms with Crippen LogP contribution in [0.1, 0.15) is 63.5 Å². The summed E-state index contributed by atoms with van der Waals surface area (Å²) in [4.78, 5) is 15.2. The monoisotopic (exact) mass is 534 g/mol. The quantitative estimate of drug-likeness (QED) is 0.250. The van der Waals surface area contributed by atoms with Crippen LogP contribution >= 0.6 is 0 Å². The largest absolute Gasteiger partial charge is 0.356 e. The second-order valence-corrected chi connectivity index (χ2v) is 13.2. The summed E-state index contributed by atoms with van der Waals surface area (Å²) in [6.45, 7) is 11.3. The molecule has 0 spiro atoms. The van der Waals surface area contributed by atoms with Crippen molar-refractivity contribution < 1.29 is 9.00 Å². The van der Waals surface area contributed by atoms with Gasteiger partial charge in [-0.3, -0.25) is 9.00 Å². The van der Waals surface area contributed by atoms with E-state index in [0.717, 1.165) is 50.0 Å². The first kappa shape index (κ1) is 31.9. The maximum Gasteiger partial charge on any atom is 0.224 e. The minimum atomic E-state index is -1.01. The molecule has 3 atom stereocenters. The molecule has 3 N–H and O–H groups in total. The van der Waals surface area contributed by atoms with Crippen molar-refractivity contribution in [3.63, 3.8) is 0 Å². The molecule has 3 unspecified atom stereocenters. The van der Waals surface area contributed by atoms with Crippen LogP contribution in [0.2, 0.25) is 0 Å². The van der Waals surface area contributed by atoms with Crippen LogP contribution in [-0.2, 0) is 22.0 Å². The van der Waals surface area contributed by atoms with Crippen LogP contribution in [0, 0.1) is 24.7 Å². The number of rotatable bonds is 18. The zero-order valence-corrected chi connectivity index (χ0v) is 25.0. The number of hydrogen-bond acceptors (Lipinski definition) is 5. The first-order chi connectivity index (χ1) is 17.7. The molecule has 0 saturated carbocycles. The van der Waals surface area contributed by atoms with E-state index in [2.05, 4.69) is 61.0 Å². The second-order valence-electron chi connectivity index (χ2n) is 11.6. The third kappa shape index (κ3) is 13.9. The Balaban J connectivity index is 1.83. The fraction of sp³-hybridized carbons (Fsp3) is 0.767. The van der Waals surface area contributed by atoms with Crippen molar-refractivity contribution in [2.24, 2.45) is 17.8 Å². The Morgan fingerprint density at radius 2 is 1.78 bits per heavy atom. The molecule has 1 amide bonds. The van der Waals surface area contributed by atoms with Crippen LogP contribution in [0.25, 0.3) is 0 Å². The molecule has 1 saturated heterocycles. The highest BCUT2D eigenvalue weighted by Crippen LogP contribution is 2.21. The molecule has 37 heavy (non-hydrogen) atoms. The van der Waals surface area contributed by atoms with E-state index in [4.69, 9.17) is 0 Å². The van der Waals surface area contributed by atoms with Crippen LogP contribution in [0.3, 0.4) is 0 Å². The SMILES string of the molecule is Cc1ccc(CC(CS(=O)CCN(C)C)C(=O)NCCCNC(CCCC(C)C)C2CCNCC2)cc1. The lowest BCUT2D eigenvalue weighted by Gasteiger charge is -2.32. The Bertz CT molecular complexity index is 778. The molecule has 1 aliphatic heterocycles. The number of nitrogens with one attached hydrogen (secondary N) is 3. The Morgan fingerprint density at radius 3 is 2.43 bits per heavy atom. The molecular weight excluding hydrogens is 480 g/mol. The van der Waals surface area contributed by atoms with E-state index in [1.165, 1.54) is 37.7 Å². The normalized spacial score (nSPS) is 17.2. The summed E-state index contributed by atoms with van der Waals surface area (Å²) in [6, 6.07) is 8.91. The van der Waals surface area contributed by atoms with Gasteiger partial charge in [0.15, 0.2) is 0 Å². The first-order valence-electron chi connectivity index (χ1n) is 14.5. The van der Waals surface area contributed by atoms with Gasteiger partial charge >= 0.3 is 0 Å². The van der Waals surface area contributed by atoms with Crippen LogP contribution in [0.15, 0.2) is 24.3 Å². The molecule has 1 fully saturated rings. The van der Waals surface area contributed by atoms with Gasteiger partial charge in [0, 0.05) is 41.4 Å². The van der Waals surface area contributed by atoms with Crippen molar-refractivity contribution in [3.8, 4) is 0 Å². The smallest absolute Gasteiger partial charge is 0.224 e. The average molecular weight is 535 g/mol. The molecule has 1 aliphatic rings. The Kier molecular flexibility index (Phi) is 15.6. The Hall–Kier alpha value is -1.28. The number of hydrogen-bond donors (Lipinski definition) is 3. The number of amides is 1. The molecular formula is C30H54N4O2S. The van der Waals surface area contributed by atoms with Crippen molar-refractivity contribution in [1.29, 1.82) is 0 Å². The van der Waals surface area contributed by atoms with Gasteiger partial charge in [-0.2, -0.15) is 0 Å². The molecule has 0 radical (unpaired) electrons. The third-order valence-electron chi connectivity index (χ3n) is 7.44. The van der Waals surface area contributed by atoms with Crippen molar-refractivity contribution >= 4 is 16.7 Å². The van der Waals surface area contributed by atoms with E-state index in [1.54, 1.807) is 0 Å². The molecule has 0 bridgehead atoms. The average Bonchev–Trinajstić information content (AvgIpc) is 2.87. The van der Waals surface area contributed by atoms with Crippen LogP contribution < -0.4 is 16.0 Å². The van der Waals surface area contributed by atoms with Gasteiger partial charge in [-0.1, -0.05) is 56.5 Å². The number of nitrogens with zero attached hydrogens (tertiary/aromatic N) is 1. The third-order valence-corrected chi connectivity index (χ3v) is 8.85. The molecule has 1 heterocycles.